The van der Waals surface area contributed by atoms with Crippen molar-refractivity contribution in [2.75, 3.05) is 27.2 Å². The molecule has 0 aliphatic carbocycles. The van der Waals surface area contributed by atoms with E-state index < -0.39 is 0 Å². The first kappa shape index (κ1) is 15.4. The first-order chi connectivity index (χ1) is 7.35. The Morgan fingerprint density at radius 3 is 2.31 bits per heavy atom. The summed E-state index contributed by atoms with van der Waals surface area (Å²) in [6, 6.07) is -0.195. The van der Waals surface area contributed by atoms with Crippen LogP contribution in [0.15, 0.2) is 0 Å². The van der Waals surface area contributed by atoms with Gasteiger partial charge in [-0.25, -0.2) is 0 Å². The third kappa shape index (κ3) is 4.94. The second kappa shape index (κ2) is 6.86. The van der Waals surface area contributed by atoms with E-state index in [0.29, 0.717) is 6.61 Å². The fourth-order valence-electron chi connectivity index (χ4n) is 1.17. The van der Waals surface area contributed by atoms with E-state index in [9.17, 15) is 4.79 Å². The van der Waals surface area contributed by atoms with Crippen molar-refractivity contribution >= 4 is 5.97 Å². The number of carbonyl (C=O) groups is 1. The average molecular weight is 230 g/mol. The molecule has 1 atom stereocenters. The van der Waals surface area contributed by atoms with Gasteiger partial charge in [-0.1, -0.05) is 6.92 Å². The molecule has 0 saturated heterocycles. The molecule has 96 valence electrons. The Bertz CT molecular complexity index is 215. The minimum atomic E-state index is -0.195. The van der Waals surface area contributed by atoms with E-state index in [0.717, 1.165) is 13.0 Å². The summed E-state index contributed by atoms with van der Waals surface area (Å²) < 4.78 is 5.01. The Kier molecular flexibility index (Phi) is 6.60. The Balaban J connectivity index is 4.19. The minimum Gasteiger partial charge on any atom is -0.465 e. The second-order valence-corrected chi connectivity index (χ2v) is 4.80. The molecule has 0 aromatic carbocycles. The van der Waals surface area contributed by atoms with Crippen molar-refractivity contribution in [3.8, 4) is 0 Å². The van der Waals surface area contributed by atoms with E-state index >= 15 is 0 Å². The number of nitrogens with one attached hydrogen (secondary N) is 1. The summed E-state index contributed by atoms with van der Waals surface area (Å²) in [6.07, 6.45) is 0.752. The molecule has 0 bridgehead atoms. The number of carbonyl (C=O) groups excluding carboxylic acids is 1. The van der Waals surface area contributed by atoms with Gasteiger partial charge in [-0.15, -0.1) is 0 Å². The Hall–Kier alpha value is -0.610. The molecule has 0 aromatic rings. The van der Waals surface area contributed by atoms with Gasteiger partial charge in [0.25, 0.3) is 0 Å². The van der Waals surface area contributed by atoms with Crippen molar-refractivity contribution in [1.29, 1.82) is 0 Å². The molecule has 0 heterocycles. The van der Waals surface area contributed by atoms with Crippen LogP contribution in [0.5, 0.6) is 0 Å². The fraction of sp³-hybridized carbons (Fsp3) is 0.917. The molecule has 4 nitrogen and oxygen atoms in total. The monoisotopic (exact) mass is 230 g/mol. The van der Waals surface area contributed by atoms with Gasteiger partial charge in [-0.05, 0) is 41.3 Å². The lowest BCUT2D eigenvalue weighted by Gasteiger charge is -2.34. The molecule has 16 heavy (non-hydrogen) atoms. The molecule has 4 heteroatoms. The van der Waals surface area contributed by atoms with E-state index in [1.54, 1.807) is 0 Å². The van der Waals surface area contributed by atoms with Gasteiger partial charge in [0.15, 0.2) is 0 Å². The molecular formula is C12H26N2O2. The number of esters is 1. The van der Waals surface area contributed by atoms with E-state index in [1.807, 2.05) is 27.9 Å². The fourth-order valence-corrected chi connectivity index (χ4v) is 1.17. The van der Waals surface area contributed by atoms with Crippen LogP contribution in [-0.4, -0.2) is 49.7 Å². The maximum atomic E-state index is 11.6. The van der Waals surface area contributed by atoms with E-state index in [4.69, 9.17) is 4.74 Å². The lowest BCUT2D eigenvalue weighted by Crippen LogP contribution is -2.51. The van der Waals surface area contributed by atoms with Crippen LogP contribution >= 0.6 is 0 Å². The van der Waals surface area contributed by atoms with Crippen LogP contribution in [0.2, 0.25) is 0 Å². The van der Waals surface area contributed by atoms with E-state index in [2.05, 4.69) is 24.1 Å². The SMILES string of the molecule is CCOC(=O)C(CC)NCC(C)(C)N(C)C. The number of likely N-dealkylation sites (N-methyl/N-ethyl adjacent to an activating group) is 1. The normalized spacial score (nSPS) is 13.9. The van der Waals surface area contributed by atoms with Gasteiger partial charge >= 0.3 is 5.97 Å². The van der Waals surface area contributed by atoms with Crippen molar-refractivity contribution in [2.24, 2.45) is 0 Å². The summed E-state index contributed by atoms with van der Waals surface area (Å²) >= 11 is 0. The molecule has 0 radical (unpaired) electrons. The quantitative estimate of drug-likeness (QED) is 0.669. The summed E-state index contributed by atoms with van der Waals surface area (Å²) in [5.41, 5.74) is 0.0277. The van der Waals surface area contributed by atoms with Gasteiger partial charge in [0, 0.05) is 12.1 Å². The standard InChI is InChI=1S/C12H26N2O2/c1-7-10(11(15)16-8-2)13-9-12(3,4)14(5)6/h10,13H,7-9H2,1-6H3. The van der Waals surface area contributed by atoms with Crippen LogP contribution in [0.4, 0.5) is 0 Å². The van der Waals surface area contributed by atoms with E-state index in [1.165, 1.54) is 0 Å². The molecule has 0 amide bonds. The zero-order chi connectivity index (χ0) is 12.8. The predicted molar refractivity (Wildman–Crippen MR) is 66.5 cm³/mol. The highest BCUT2D eigenvalue weighted by atomic mass is 16.5. The maximum absolute atomic E-state index is 11.6. The molecule has 0 spiro atoms. The molecule has 1 N–H and O–H groups in total. The highest BCUT2D eigenvalue weighted by Crippen LogP contribution is 2.09. The second-order valence-electron chi connectivity index (χ2n) is 4.80. The molecule has 0 aromatic heterocycles. The Morgan fingerprint density at radius 1 is 1.38 bits per heavy atom. The maximum Gasteiger partial charge on any atom is 0.323 e. The number of nitrogens with zero attached hydrogens (tertiary/aromatic N) is 1. The minimum absolute atomic E-state index is 0.0277. The van der Waals surface area contributed by atoms with Crippen molar-refractivity contribution in [3.63, 3.8) is 0 Å². The van der Waals surface area contributed by atoms with Crippen LogP contribution in [0.3, 0.4) is 0 Å². The number of hydrogen-bond acceptors (Lipinski definition) is 4. The van der Waals surface area contributed by atoms with Gasteiger partial charge < -0.3 is 15.0 Å². The van der Waals surface area contributed by atoms with Crippen LogP contribution in [-0.2, 0) is 9.53 Å². The summed E-state index contributed by atoms with van der Waals surface area (Å²) in [4.78, 5) is 13.7. The molecule has 1 unspecified atom stereocenters. The lowest BCUT2D eigenvalue weighted by molar-refractivity contribution is -0.145. The topological polar surface area (TPSA) is 41.6 Å². The van der Waals surface area contributed by atoms with Gasteiger partial charge in [-0.3, -0.25) is 4.79 Å². The molecule has 0 aliphatic rings. The first-order valence-corrected chi connectivity index (χ1v) is 5.92. The molecule has 0 saturated carbocycles. The molecule has 0 rings (SSSR count). The van der Waals surface area contributed by atoms with Crippen molar-refractivity contribution in [1.82, 2.24) is 10.2 Å². The third-order valence-electron chi connectivity index (χ3n) is 2.97. The smallest absolute Gasteiger partial charge is 0.323 e. The zero-order valence-corrected chi connectivity index (χ0v) is 11.5. The molecular weight excluding hydrogens is 204 g/mol. The summed E-state index contributed by atoms with van der Waals surface area (Å²) in [5.74, 6) is -0.153. The molecule has 0 aliphatic heterocycles. The van der Waals surface area contributed by atoms with Crippen LogP contribution in [0.1, 0.15) is 34.1 Å². The third-order valence-corrected chi connectivity index (χ3v) is 2.97. The highest BCUT2D eigenvalue weighted by Gasteiger charge is 2.24. The van der Waals surface area contributed by atoms with Crippen LogP contribution in [0, 0.1) is 0 Å². The van der Waals surface area contributed by atoms with Crippen LogP contribution in [0.25, 0.3) is 0 Å². The Labute approximate surface area is 99.3 Å². The number of hydrogen-bond donors (Lipinski definition) is 1. The van der Waals surface area contributed by atoms with Crippen LogP contribution < -0.4 is 5.32 Å². The number of rotatable bonds is 7. The van der Waals surface area contributed by atoms with Gasteiger partial charge in [0.1, 0.15) is 6.04 Å². The summed E-state index contributed by atoms with van der Waals surface area (Å²) in [7, 11) is 4.07. The van der Waals surface area contributed by atoms with Gasteiger partial charge in [0.2, 0.25) is 0 Å². The van der Waals surface area contributed by atoms with Crippen molar-refractivity contribution in [2.45, 2.75) is 45.7 Å². The van der Waals surface area contributed by atoms with E-state index in [-0.39, 0.29) is 17.6 Å². The summed E-state index contributed by atoms with van der Waals surface area (Å²) in [6.45, 7) is 9.28. The first-order valence-electron chi connectivity index (χ1n) is 5.92. The zero-order valence-electron chi connectivity index (χ0n) is 11.5. The Morgan fingerprint density at radius 2 is 1.94 bits per heavy atom. The molecule has 0 fully saturated rings. The van der Waals surface area contributed by atoms with Crippen molar-refractivity contribution in [3.05, 3.63) is 0 Å². The lowest BCUT2D eigenvalue weighted by atomic mass is 10.0. The van der Waals surface area contributed by atoms with Gasteiger partial charge in [0.05, 0.1) is 6.61 Å². The predicted octanol–water partition coefficient (Wildman–Crippen LogP) is 1.26. The number of ether oxygens (including phenoxy) is 1. The van der Waals surface area contributed by atoms with Gasteiger partial charge in [-0.2, -0.15) is 0 Å². The van der Waals surface area contributed by atoms with Crippen molar-refractivity contribution < 1.29 is 9.53 Å². The average Bonchev–Trinajstić information content (AvgIpc) is 2.18. The highest BCUT2D eigenvalue weighted by molar-refractivity contribution is 5.75. The largest absolute Gasteiger partial charge is 0.465 e. The summed E-state index contributed by atoms with van der Waals surface area (Å²) in [5, 5.41) is 3.26.